The van der Waals surface area contributed by atoms with Gasteiger partial charge in [-0.2, -0.15) is 0 Å². The van der Waals surface area contributed by atoms with Crippen LogP contribution in [-0.4, -0.2) is 0 Å². The second-order valence-electron chi connectivity index (χ2n) is 4.15. The van der Waals surface area contributed by atoms with E-state index in [-0.39, 0.29) is 5.92 Å². The van der Waals surface area contributed by atoms with E-state index in [0.29, 0.717) is 0 Å². The lowest BCUT2D eigenvalue weighted by Crippen LogP contribution is -1.82. The van der Waals surface area contributed by atoms with Crippen molar-refractivity contribution in [2.24, 2.45) is 0 Å². The number of rotatable bonds is 2. The van der Waals surface area contributed by atoms with Gasteiger partial charge in [-0.25, -0.2) is 0 Å². The van der Waals surface area contributed by atoms with Crippen LogP contribution in [0.4, 0.5) is 0 Å². The van der Waals surface area contributed by atoms with E-state index in [0.717, 1.165) is 11.1 Å². The maximum Gasteiger partial charge on any atom is 0.0408 e. The van der Waals surface area contributed by atoms with E-state index in [1.54, 1.807) is 0 Å². The van der Waals surface area contributed by atoms with E-state index in [9.17, 15) is 0 Å². The molecule has 0 amide bonds. The molecule has 3 rings (SSSR count). The van der Waals surface area contributed by atoms with Gasteiger partial charge in [-0.05, 0) is 11.1 Å². The molecule has 0 spiro atoms. The number of hydrogen-bond acceptors (Lipinski definition) is 0. The third-order valence-corrected chi connectivity index (χ3v) is 3.12. The summed E-state index contributed by atoms with van der Waals surface area (Å²) in [4.78, 5) is 0. The lowest BCUT2D eigenvalue weighted by molar-refractivity contribution is 1.03. The average molecular weight is 207 g/mol. The van der Waals surface area contributed by atoms with Gasteiger partial charge in [-0.1, -0.05) is 72.8 Å². The van der Waals surface area contributed by atoms with Crippen LogP contribution in [0.5, 0.6) is 0 Å². The SMILES string of the molecule is [2H][C@]1(c2ccccc2)C(=C)[C@@H]1c1ccccc1. The van der Waals surface area contributed by atoms with Crippen LogP contribution in [0.25, 0.3) is 0 Å². The van der Waals surface area contributed by atoms with Crippen molar-refractivity contribution in [3.63, 3.8) is 0 Å². The van der Waals surface area contributed by atoms with Crippen LogP contribution in [0.15, 0.2) is 72.8 Å². The Morgan fingerprint density at radius 3 is 1.88 bits per heavy atom. The molecule has 0 heteroatoms. The third-order valence-electron chi connectivity index (χ3n) is 3.12. The zero-order valence-electron chi connectivity index (χ0n) is 10.1. The molecule has 0 nitrogen and oxygen atoms in total. The monoisotopic (exact) mass is 207 g/mol. The van der Waals surface area contributed by atoms with Crippen LogP contribution in [0.2, 0.25) is 0 Å². The van der Waals surface area contributed by atoms with Crippen LogP contribution in [0.1, 0.15) is 24.3 Å². The summed E-state index contributed by atoms with van der Waals surface area (Å²) in [7, 11) is 0. The highest BCUT2D eigenvalue weighted by Gasteiger charge is 2.43. The smallest absolute Gasteiger partial charge is 0.0408 e. The maximum atomic E-state index is 8.59. The van der Waals surface area contributed by atoms with Crippen molar-refractivity contribution in [3.05, 3.63) is 83.9 Å². The normalized spacial score (nSPS) is 28.6. The van der Waals surface area contributed by atoms with Crippen LogP contribution in [0.3, 0.4) is 0 Å². The Morgan fingerprint density at radius 1 is 0.812 bits per heavy atom. The van der Waals surface area contributed by atoms with Gasteiger partial charge >= 0.3 is 0 Å². The molecule has 16 heavy (non-hydrogen) atoms. The van der Waals surface area contributed by atoms with Crippen molar-refractivity contribution < 1.29 is 1.37 Å². The van der Waals surface area contributed by atoms with Crippen LogP contribution >= 0.6 is 0 Å². The Labute approximate surface area is 97.7 Å². The van der Waals surface area contributed by atoms with E-state index in [1.807, 2.05) is 48.5 Å². The average Bonchev–Trinajstić information content (AvgIpc) is 2.95. The van der Waals surface area contributed by atoms with E-state index in [2.05, 4.69) is 18.7 Å². The van der Waals surface area contributed by atoms with Gasteiger partial charge in [0.2, 0.25) is 0 Å². The Hall–Kier alpha value is -1.82. The van der Waals surface area contributed by atoms with Crippen LogP contribution in [-0.2, 0) is 0 Å². The van der Waals surface area contributed by atoms with E-state index in [1.165, 1.54) is 5.56 Å². The standard InChI is InChI=1S/C16H14/c1-12-15(13-8-4-2-5-9-13)16(12)14-10-6-3-7-11-14/h2-11,15-16H,1H2/t15-,16-/m1/s1/i15D. The van der Waals surface area contributed by atoms with Gasteiger partial charge < -0.3 is 0 Å². The fraction of sp³-hybridized carbons (Fsp3) is 0.125. The molecular weight excluding hydrogens is 192 g/mol. The Morgan fingerprint density at radius 2 is 1.31 bits per heavy atom. The molecule has 0 bridgehead atoms. The Bertz CT molecular complexity index is 544. The first kappa shape index (κ1) is 8.35. The van der Waals surface area contributed by atoms with E-state index in [4.69, 9.17) is 1.37 Å². The Kier molecular flexibility index (Phi) is 1.90. The number of allylic oxidation sites excluding steroid dienone is 1. The van der Waals surface area contributed by atoms with Gasteiger partial charge in [0.05, 0.1) is 0 Å². The highest BCUT2D eigenvalue weighted by molar-refractivity contribution is 5.53. The molecule has 1 fully saturated rings. The molecule has 2 aromatic rings. The first-order chi connectivity index (χ1) is 8.24. The predicted octanol–water partition coefficient (Wildman–Crippen LogP) is 4.12. The number of benzene rings is 2. The van der Waals surface area contributed by atoms with Gasteiger partial charge in [-0.3, -0.25) is 0 Å². The minimum atomic E-state index is -0.622. The summed E-state index contributed by atoms with van der Waals surface area (Å²) in [5, 5.41) is 0. The van der Waals surface area contributed by atoms with E-state index < -0.39 is 5.89 Å². The topological polar surface area (TPSA) is 0 Å². The van der Waals surface area contributed by atoms with Crippen molar-refractivity contribution in [3.8, 4) is 0 Å². The molecule has 0 radical (unpaired) electrons. The molecule has 0 saturated heterocycles. The Balaban J connectivity index is 2.00. The molecule has 2 atom stereocenters. The van der Waals surface area contributed by atoms with Crippen molar-refractivity contribution in [1.29, 1.82) is 0 Å². The third kappa shape index (κ3) is 1.47. The summed E-state index contributed by atoms with van der Waals surface area (Å²) < 4.78 is 8.59. The fourth-order valence-electron chi connectivity index (χ4n) is 2.25. The minimum absolute atomic E-state index is 0.145. The van der Waals surface area contributed by atoms with Gasteiger partial charge in [0.15, 0.2) is 0 Å². The molecule has 1 saturated carbocycles. The zero-order valence-corrected chi connectivity index (χ0v) is 9.06. The van der Waals surface area contributed by atoms with Crippen LogP contribution < -0.4 is 0 Å². The van der Waals surface area contributed by atoms with E-state index >= 15 is 0 Å². The van der Waals surface area contributed by atoms with Crippen LogP contribution in [0, 0.1) is 0 Å². The first-order valence-corrected chi connectivity index (χ1v) is 5.54. The summed E-state index contributed by atoms with van der Waals surface area (Å²) in [6.07, 6.45) is 0. The summed E-state index contributed by atoms with van der Waals surface area (Å²) in [6.45, 7) is 4.07. The van der Waals surface area contributed by atoms with Gasteiger partial charge in [0, 0.05) is 13.2 Å². The lowest BCUT2D eigenvalue weighted by Gasteiger charge is -1.99. The highest BCUT2D eigenvalue weighted by atomic mass is 14.5. The first-order valence-electron chi connectivity index (χ1n) is 6.04. The van der Waals surface area contributed by atoms with Gasteiger partial charge in [-0.15, -0.1) is 0 Å². The van der Waals surface area contributed by atoms with Gasteiger partial charge in [0.1, 0.15) is 0 Å². The molecular formula is C16H14. The molecule has 0 aromatic heterocycles. The zero-order chi connectivity index (χ0) is 11.9. The molecule has 2 aromatic carbocycles. The fourth-order valence-corrected chi connectivity index (χ4v) is 2.25. The quantitative estimate of drug-likeness (QED) is 0.650. The molecule has 0 unspecified atom stereocenters. The number of hydrogen-bond donors (Lipinski definition) is 0. The largest absolute Gasteiger partial charge is 0.0986 e. The van der Waals surface area contributed by atoms with Crippen molar-refractivity contribution in [2.75, 3.05) is 0 Å². The lowest BCUT2D eigenvalue weighted by atomic mass is 10.0. The summed E-state index contributed by atoms with van der Waals surface area (Å²) in [6, 6.07) is 20.2. The minimum Gasteiger partial charge on any atom is -0.0986 e. The maximum absolute atomic E-state index is 8.59. The molecule has 0 N–H and O–H groups in total. The summed E-state index contributed by atoms with van der Waals surface area (Å²) in [5.41, 5.74) is 3.23. The highest BCUT2D eigenvalue weighted by Crippen LogP contribution is 2.58. The summed E-state index contributed by atoms with van der Waals surface area (Å²) >= 11 is 0. The molecule has 0 aliphatic heterocycles. The molecule has 78 valence electrons. The van der Waals surface area contributed by atoms with Crippen molar-refractivity contribution in [1.82, 2.24) is 0 Å². The predicted molar refractivity (Wildman–Crippen MR) is 67.5 cm³/mol. The molecule has 0 heterocycles. The van der Waals surface area contributed by atoms with Gasteiger partial charge in [0.25, 0.3) is 0 Å². The second kappa shape index (κ2) is 3.64. The van der Waals surface area contributed by atoms with Crippen molar-refractivity contribution >= 4 is 0 Å². The second-order valence-corrected chi connectivity index (χ2v) is 4.15. The molecule has 1 aliphatic rings. The summed E-state index contributed by atoms with van der Waals surface area (Å²) in [5.74, 6) is -0.478. The molecule has 1 aliphatic carbocycles. The van der Waals surface area contributed by atoms with Crippen molar-refractivity contribution in [2.45, 2.75) is 11.8 Å².